The lowest BCUT2D eigenvalue weighted by Gasteiger charge is -2.32. The maximum Gasteiger partial charge on any atom is 0.254 e. The van der Waals surface area contributed by atoms with Gasteiger partial charge in [-0.2, -0.15) is 4.39 Å². The molecule has 2 amide bonds. The fourth-order valence-corrected chi connectivity index (χ4v) is 2.35. The molecule has 1 fully saturated rings. The van der Waals surface area contributed by atoms with Gasteiger partial charge in [-0.25, -0.2) is 4.98 Å². The van der Waals surface area contributed by atoms with E-state index in [1.807, 2.05) is 0 Å². The summed E-state index contributed by atoms with van der Waals surface area (Å²) < 4.78 is 17.8. The predicted octanol–water partition coefficient (Wildman–Crippen LogP) is 0.588. The van der Waals surface area contributed by atoms with Crippen LogP contribution in [0.4, 0.5) is 4.39 Å². The van der Waals surface area contributed by atoms with Gasteiger partial charge in [-0.15, -0.1) is 0 Å². The van der Waals surface area contributed by atoms with Gasteiger partial charge < -0.3 is 15.0 Å². The highest BCUT2D eigenvalue weighted by Crippen LogP contribution is 2.14. The summed E-state index contributed by atoms with van der Waals surface area (Å²) in [7, 11) is 1.47. The molecule has 0 radical (unpaired) electrons. The highest BCUT2D eigenvalue weighted by molar-refractivity contribution is 5.94. The Morgan fingerprint density at radius 2 is 2.19 bits per heavy atom. The fourth-order valence-electron chi connectivity index (χ4n) is 2.35. The van der Waals surface area contributed by atoms with Gasteiger partial charge in [0.05, 0.1) is 0 Å². The van der Waals surface area contributed by atoms with E-state index in [1.165, 1.54) is 19.4 Å². The second-order valence-corrected chi connectivity index (χ2v) is 4.93. The molecule has 21 heavy (non-hydrogen) atoms. The summed E-state index contributed by atoms with van der Waals surface area (Å²) in [6.07, 6.45) is 2.63. The zero-order chi connectivity index (χ0) is 15.2. The maximum atomic E-state index is 13.0. The first-order valence-corrected chi connectivity index (χ1v) is 6.79. The molecule has 2 rings (SSSR count). The van der Waals surface area contributed by atoms with Crippen LogP contribution < -0.4 is 5.32 Å². The smallest absolute Gasteiger partial charge is 0.254 e. The minimum absolute atomic E-state index is 0.0371. The quantitative estimate of drug-likeness (QED) is 0.825. The second-order valence-electron chi connectivity index (χ2n) is 4.93. The SMILES string of the molecule is COCC(=O)NC1CCN(C(=O)c2ccnc(F)c2)CC1. The Labute approximate surface area is 122 Å². The zero-order valence-corrected chi connectivity index (χ0v) is 11.8. The number of amides is 2. The van der Waals surface area contributed by atoms with Gasteiger partial charge in [-0.1, -0.05) is 0 Å². The van der Waals surface area contributed by atoms with Crippen molar-refractivity contribution < 1.29 is 18.7 Å². The Kier molecular flexibility index (Phi) is 5.21. The molecule has 0 aromatic carbocycles. The minimum atomic E-state index is -0.664. The molecule has 1 aliphatic rings. The Hall–Kier alpha value is -2.02. The number of ether oxygens (including phenoxy) is 1. The van der Waals surface area contributed by atoms with E-state index in [2.05, 4.69) is 10.3 Å². The predicted molar refractivity (Wildman–Crippen MR) is 73.1 cm³/mol. The van der Waals surface area contributed by atoms with E-state index in [0.717, 1.165) is 6.07 Å². The van der Waals surface area contributed by atoms with Crippen molar-refractivity contribution >= 4 is 11.8 Å². The lowest BCUT2D eigenvalue weighted by Crippen LogP contribution is -2.47. The molecule has 6 nitrogen and oxygen atoms in total. The van der Waals surface area contributed by atoms with Crippen LogP contribution in [0.1, 0.15) is 23.2 Å². The summed E-state index contributed by atoms with van der Waals surface area (Å²) in [5, 5.41) is 2.86. The van der Waals surface area contributed by atoms with Crippen molar-refractivity contribution in [2.24, 2.45) is 0 Å². The number of hydrogen-bond donors (Lipinski definition) is 1. The van der Waals surface area contributed by atoms with Crippen LogP contribution >= 0.6 is 0 Å². The third-order valence-electron chi connectivity index (χ3n) is 3.40. The molecule has 0 spiro atoms. The van der Waals surface area contributed by atoms with Crippen molar-refractivity contribution in [1.29, 1.82) is 0 Å². The molecular formula is C14H18FN3O3. The van der Waals surface area contributed by atoms with Crippen molar-refractivity contribution in [2.45, 2.75) is 18.9 Å². The van der Waals surface area contributed by atoms with Crippen LogP contribution in [0, 0.1) is 5.95 Å². The molecule has 0 saturated carbocycles. The summed E-state index contributed by atoms with van der Waals surface area (Å²) in [6, 6.07) is 2.68. The number of rotatable bonds is 4. The normalized spacial score (nSPS) is 15.8. The topological polar surface area (TPSA) is 71.5 Å². The average molecular weight is 295 g/mol. The first kappa shape index (κ1) is 15.4. The second kappa shape index (κ2) is 7.12. The molecule has 2 heterocycles. The average Bonchev–Trinajstić information content (AvgIpc) is 2.47. The molecule has 1 N–H and O–H groups in total. The van der Waals surface area contributed by atoms with Crippen LogP contribution in [0.3, 0.4) is 0 Å². The van der Waals surface area contributed by atoms with Crippen LogP contribution in [0.15, 0.2) is 18.3 Å². The summed E-state index contributed by atoms with van der Waals surface area (Å²) in [5.41, 5.74) is 0.296. The molecule has 0 bridgehead atoms. The van der Waals surface area contributed by atoms with E-state index in [0.29, 0.717) is 31.5 Å². The van der Waals surface area contributed by atoms with Crippen molar-refractivity contribution in [1.82, 2.24) is 15.2 Å². The van der Waals surface area contributed by atoms with Gasteiger partial charge in [0.25, 0.3) is 5.91 Å². The number of likely N-dealkylation sites (tertiary alicyclic amines) is 1. The Morgan fingerprint density at radius 1 is 1.48 bits per heavy atom. The van der Waals surface area contributed by atoms with E-state index in [4.69, 9.17) is 4.74 Å². The van der Waals surface area contributed by atoms with Crippen LogP contribution in [0.5, 0.6) is 0 Å². The molecule has 1 aromatic rings. The molecular weight excluding hydrogens is 277 g/mol. The van der Waals surface area contributed by atoms with Crippen molar-refractivity contribution in [3.8, 4) is 0 Å². The van der Waals surface area contributed by atoms with Gasteiger partial charge in [0.1, 0.15) is 6.61 Å². The molecule has 114 valence electrons. The Morgan fingerprint density at radius 3 is 2.81 bits per heavy atom. The molecule has 0 aliphatic carbocycles. The molecule has 1 aliphatic heterocycles. The summed E-state index contributed by atoms with van der Waals surface area (Å²) >= 11 is 0. The monoisotopic (exact) mass is 295 g/mol. The number of halogens is 1. The standard InChI is InChI=1S/C14H18FN3O3/c1-21-9-13(19)17-11-3-6-18(7-4-11)14(20)10-2-5-16-12(15)8-10/h2,5,8,11H,3-4,6-7,9H2,1H3,(H,17,19). The lowest BCUT2D eigenvalue weighted by atomic mass is 10.0. The first-order chi connectivity index (χ1) is 10.1. The number of hydrogen-bond acceptors (Lipinski definition) is 4. The molecule has 0 atom stereocenters. The third-order valence-corrected chi connectivity index (χ3v) is 3.40. The van der Waals surface area contributed by atoms with Gasteiger partial charge in [0, 0.05) is 44.1 Å². The molecule has 1 saturated heterocycles. The van der Waals surface area contributed by atoms with Crippen LogP contribution in [0.2, 0.25) is 0 Å². The number of carbonyl (C=O) groups is 2. The number of methoxy groups -OCH3 is 1. The fraction of sp³-hybridized carbons (Fsp3) is 0.500. The number of aromatic nitrogens is 1. The van der Waals surface area contributed by atoms with Crippen molar-refractivity contribution in [3.05, 3.63) is 29.8 Å². The summed E-state index contributed by atoms with van der Waals surface area (Å²) in [5.74, 6) is -1.03. The summed E-state index contributed by atoms with van der Waals surface area (Å²) in [4.78, 5) is 28.7. The van der Waals surface area contributed by atoms with Gasteiger partial charge in [-0.3, -0.25) is 9.59 Å². The van der Waals surface area contributed by atoms with Crippen molar-refractivity contribution in [3.63, 3.8) is 0 Å². The van der Waals surface area contributed by atoms with E-state index in [9.17, 15) is 14.0 Å². The first-order valence-electron chi connectivity index (χ1n) is 6.79. The van der Waals surface area contributed by atoms with Crippen molar-refractivity contribution in [2.75, 3.05) is 26.8 Å². The molecule has 7 heteroatoms. The summed E-state index contributed by atoms with van der Waals surface area (Å²) in [6.45, 7) is 1.09. The van der Waals surface area contributed by atoms with E-state index < -0.39 is 5.95 Å². The van der Waals surface area contributed by atoms with E-state index >= 15 is 0 Å². The van der Waals surface area contributed by atoms with Gasteiger partial charge >= 0.3 is 0 Å². The van der Waals surface area contributed by atoms with E-state index in [1.54, 1.807) is 4.90 Å². The molecule has 1 aromatic heterocycles. The van der Waals surface area contributed by atoms with E-state index in [-0.39, 0.29) is 24.5 Å². The molecule has 0 unspecified atom stereocenters. The Bertz CT molecular complexity index is 516. The van der Waals surface area contributed by atoms with Crippen LogP contribution in [0.25, 0.3) is 0 Å². The number of pyridine rings is 1. The number of nitrogens with one attached hydrogen (secondary N) is 1. The Balaban J connectivity index is 1.86. The zero-order valence-electron chi connectivity index (χ0n) is 11.8. The number of nitrogens with zero attached hydrogens (tertiary/aromatic N) is 2. The van der Waals surface area contributed by atoms with Gasteiger partial charge in [0.2, 0.25) is 11.9 Å². The highest BCUT2D eigenvalue weighted by Gasteiger charge is 2.24. The third kappa shape index (κ3) is 4.22. The maximum absolute atomic E-state index is 13.0. The van der Waals surface area contributed by atoms with Gasteiger partial charge in [-0.05, 0) is 18.9 Å². The van der Waals surface area contributed by atoms with Crippen LogP contribution in [-0.2, 0) is 9.53 Å². The number of carbonyl (C=O) groups excluding carboxylic acids is 2. The highest BCUT2D eigenvalue weighted by atomic mass is 19.1. The minimum Gasteiger partial charge on any atom is -0.375 e. The lowest BCUT2D eigenvalue weighted by molar-refractivity contribution is -0.125. The van der Waals surface area contributed by atoms with Crippen LogP contribution in [-0.4, -0.2) is 54.5 Å². The largest absolute Gasteiger partial charge is 0.375 e. The van der Waals surface area contributed by atoms with Gasteiger partial charge in [0.15, 0.2) is 0 Å². The number of piperidine rings is 1.